The Bertz CT molecular complexity index is 459. The molecule has 1 aromatic rings. The van der Waals surface area contributed by atoms with Crippen molar-refractivity contribution >= 4 is 27.5 Å². The van der Waals surface area contributed by atoms with Crippen LogP contribution < -0.4 is 4.90 Å². The van der Waals surface area contributed by atoms with Crippen molar-refractivity contribution in [1.82, 2.24) is 4.90 Å². The number of hydrogen-bond donors (Lipinski definition) is 1. The number of carbonyl (C=O) groups is 1. The predicted octanol–water partition coefficient (Wildman–Crippen LogP) is 2.00. The number of hydrogen-bond acceptors (Lipinski definition) is 3. The summed E-state index contributed by atoms with van der Waals surface area (Å²) >= 11 is 3.39. The minimum atomic E-state index is -0.0307. The first-order valence-corrected chi connectivity index (χ1v) is 7.29. The predicted molar refractivity (Wildman–Crippen MR) is 79.1 cm³/mol. The largest absolute Gasteiger partial charge is 0.392 e. The molecule has 19 heavy (non-hydrogen) atoms. The Labute approximate surface area is 122 Å². The van der Waals surface area contributed by atoms with Crippen LogP contribution in [0, 0.1) is 0 Å². The van der Waals surface area contributed by atoms with E-state index >= 15 is 0 Å². The molecule has 0 aromatic heterocycles. The Morgan fingerprint density at radius 2 is 2.11 bits per heavy atom. The molecular formula is C14H19BrN2O2. The van der Waals surface area contributed by atoms with E-state index in [0.29, 0.717) is 6.54 Å². The normalized spacial score (nSPS) is 14.8. The lowest BCUT2D eigenvalue weighted by Gasteiger charge is -2.24. The molecule has 1 fully saturated rings. The summed E-state index contributed by atoms with van der Waals surface area (Å²) in [5, 5.41) is 9.39. The summed E-state index contributed by atoms with van der Waals surface area (Å²) < 4.78 is 0.930. The van der Waals surface area contributed by atoms with Gasteiger partial charge < -0.3 is 14.9 Å². The van der Waals surface area contributed by atoms with Gasteiger partial charge in [0.2, 0.25) is 5.91 Å². The van der Waals surface area contributed by atoms with Crippen LogP contribution in [0.4, 0.5) is 5.69 Å². The number of nitrogens with zero attached hydrogens (tertiary/aromatic N) is 2. The highest BCUT2D eigenvalue weighted by atomic mass is 79.9. The van der Waals surface area contributed by atoms with Crippen LogP contribution in [0.5, 0.6) is 0 Å². The number of halogens is 1. The summed E-state index contributed by atoms with van der Waals surface area (Å²) in [6.45, 7) is 2.07. The Kier molecular flexibility index (Phi) is 4.82. The van der Waals surface area contributed by atoms with Gasteiger partial charge in [0.15, 0.2) is 0 Å². The van der Waals surface area contributed by atoms with Crippen molar-refractivity contribution in [2.75, 3.05) is 31.6 Å². The fraction of sp³-hybridized carbons (Fsp3) is 0.500. The number of benzene rings is 1. The van der Waals surface area contributed by atoms with Crippen molar-refractivity contribution in [2.24, 2.45) is 0 Å². The maximum atomic E-state index is 12.1. The molecule has 1 heterocycles. The smallest absolute Gasteiger partial charge is 0.242 e. The van der Waals surface area contributed by atoms with Gasteiger partial charge in [-0.15, -0.1) is 0 Å². The highest BCUT2D eigenvalue weighted by molar-refractivity contribution is 9.10. The number of aliphatic hydroxyl groups excluding tert-OH is 1. The Hall–Kier alpha value is -1.07. The average molecular weight is 327 g/mol. The van der Waals surface area contributed by atoms with E-state index in [4.69, 9.17) is 0 Å². The summed E-state index contributed by atoms with van der Waals surface area (Å²) in [6, 6.07) is 5.73. The minimum Gasteiger partial charge on any atom is -0.392 e. The molecule has 0 bridgehead atoms. The molecule has 1 aliphatic rings. The van der Waals surface area contributed by atoms with Gasteiger partial charge in [0, 0.05) is 35.9 Å². The van der Waals surface area contributed by atoms with Crippen molar-refractivity contribution in [3.8, 4) is 0 Å². The molecule has 4 nitrogen and oxygen atoms in total. The zero-order valence-corrected chi connectivity index (χ0v) is 12.7. The minimum absolute atomic E-state index is 0.0307. The molecule has 1 aliphatic heterocycles. The molecule has 1 aromatic carbocycles. The first-order chi connectivity index (χ1) is 9.11. The van der Waals surface area contributed by atoms with Crippen LogP contribution in [0.25, 0.3) is 0 Å². The van der Waals surface area contributed by atoms with Crippen molar-refractivity contribution in [2.45, 2.75) is 19.4 Å². The van der Waals surface area contributed by atoms with Gasteiger partial charge in [-0.25, -0.2) is 0 Å². The molecule has 0 radical (unpaired) electrons. The van der Waals surface area contributed by atoms with Crippen molar-refractivity contribution < 1.29 is 9.90 Å². The monoisotopic (exact) mass is 326 g/mol. The SMILES string of the molecule is CN(CC(=O)N1CCCC1)c1ccc(Br)cc1CO. The van der Waals surface area contributed by atoms with E-state index in [9.17, 15) is 9.90 Å². The van der Waals surface area contributed by atoms with Gasteiger partial charge in [0.1, 0.15) is 0 Å². The number of rotatable bonds is 4. The van der Waals surface area contributed by atoms with Crippen LogP contribution in [0.15, 0.2) is 22.7 Å². The highest BCUT2D eigenvalue weighted by Crippen LogP contribution is 2.24. The molecule has 0 unspecified atom stereocenters. The second-order valence-electron chi connectivity index (χ2n) is 4.88. The number of likely N-dealkylation sites (tertiary alicyclic amines) is 1. The molecule has 104 valence electrons. The molecule has 5 heteroatoms. The Morgan fingerprint density at radius 1 is 1.42 bits per heavy atom. The summed E-state index contributed by atoms with van der Waals surface area (Å²) in [6.07, 6.45) is 2.21. The third kappa shape index (κ3) is 3.48. The van der Waals surface area contributed by atoms with Crippen LogP contribution in [0.2, 0.25) is 0 Å². The standard InChI is InChI=1S/C14H19BrN2O2/c1-16(9-14(19)17-6-2-3-7-17)13-5-4-12(15)8-11(13)10-18/h4-5,8,18H,2-3,6-7,9-10H2,1H3. The van der Waals surface area contributed by atoms with Gasteiger partial charge in [0.05, 0.1) is 13.2 Å². The van der Waals surface area contributed by atoms with Crippen molar-refractivity contribution in [1.29, 1.82) is 0 Å². The molecule has 1 amide bonds. The number of amides is 1. The van der Waals surface area contributed by atoms with Crippen LogP contribution in [-0.2, 0) is 11.4 Å². The van der Waals surface area contributed by atoms with Crippen LogP contribution >= 0.6 is 15.9 Å². The quantitative estimate of drug-likeness (QED) is 0.920. The maximum Gasteiger partial charge on any atom is 0.242 e. The fourth-order valence-electron chi connectivity index (χ4n) is 2.41. The maximum absolute atomic E-state index is 12.1. The number of likely N-dealkylation sites (N-methyl/N-ethyl adjacent to an activating group) is 1. The van der Waals surface area contributed by atoms with E-state index in [1.807, 2.05) is 35.0 Å². The van der Waals surface area contributed by atoms with Crippen LogP contribution in [0.3, 0.4) is 0 Å². The first-order valence-electron chi connectivity index (χ1n) is 6.50. The van der Waals surface area contributed by atoms with Crippen molar-refractivity contribution in [3.05, 3.63) is 28.2 Å². The lowest BCUT2D eigenvalue weighted by atomic mass is 10.1. The van der Waals surface area contributed by atoms with Gasteiger partial charge in [-0.2, -0.15) is 0 Å². The Balaban J connectivity index is 2.06. The van der Waals surface area contributed by atoms with Gasteiger partial charge in [-0.3, -0.25) is 4.79 Å². The molecule has 1 saturated heterocycles. The summed E-state index contributed by atoms with van der Waals surface area (Å²) in [4.78, 5) is 15.9. The molecule has 0 spiro atoms. The summed E-state index contributed by atoms with van der Waals surface area (Å²) in [5.74, 6) is 0.159. The third-order valence-electron chi connectivity index (χ3n) is 3.45. The molecule has 0 aliphatic carbocycles. The van der Waals surface area contributed by atoms with Gasteiger partial charge in [-0.05, 0) is 31.0 Å². The van der Waals surface area contributed by atoms with Crippen LogP contribution in [-0.4, -0.2) is 42.6 Å². The van der Waals surface area contributed by atoms with E-state index in [1.54, 1.807) is 0 Å². The molecule has 1 N–H and O–H groups in total. The van der Waals surface area contributed by atoms with Gasteiger partial charge in [-0.1, -0.05) is 15.9 Å². The van der Waals surface area contributed by atoms with E-state index in [2.05, 4.69) is 15.9 Å². The van der Waals surface area contributed by atoms with E-state index in [0.717, 1.165) is 41.7 Å². The number of anilines is 1. The highest BCUT2D eigenvalue weighted by Gasteiger charge is 2.20. The topological polar surface area (TPSA) is 43.8 Å². The van der Waals surface area contributed by atoms with E-state index in [1.165, 1.54) is 0 Å². The second-order valence-corrected chi connectivity index (χ2v) is 5.79. The molecule has 0 atom stereocenters. The average Bonchev–Trinajstić information content (AvgIpc) is 2.92. The molecule has 2 rings (SSSR count). The zero-order chi connectivity index (χ0) is 13.8. The zero-order valence-electron chi connectivity index (χ0n) is 11.1. The van der Waals surface area contributed by atoms with Crippen LogP contribution in [0.1, 0.15) is 18.4 Å². The van der Waals surface area contributed by atoms with Gasteiger partial charge in [0.25, 0.3) is 0 Å². The fourth-order valence-corrected chi connectivity index (χ4v) is 2.82. The Morgan fingerprint density at radius 3 is 2.74 bits per heavy atom. The summed E-state index contributed by atoms with van der Waals surface area (Å²) in [5.41, 5.74) is 1.73. The number of carbonyl (C=O) groups excluding carboxylic acids is 1. The van der Waals surface area contributed by atoms with Crippen molar-refractivity contribution in [3.63, 3.8) is 0 Å². The third-order valence-corrected chi connectivity index (χ3v) is 3.95. The van der Waals surface area contributed by atoms with Gasteiger partial charge >= 0.3 is 0 Å². The van der Waals surface area contributed by atoms with E-state index in [-0.39, 0.29) is 12.5 Å². The second kappa shape index (κ2) is 6.39. The lowest BCUT2D eigenvalue weighted by Crippen LogP contribution is -2.37. The summed E-state index contributed by atoms with van der Waals surface area (Å²) in [7, 11) is 1.89. The van der Waals surface area contributed by atoms with E-state index < -0.39 is 0 Å². The lowest BCUT2D eigenvalue weighted by molar-refractivity contribution is -0.128. The molecular weight excluding hydrogens is 308 g/mol. The number of aliphatic hydroxyl groups is 1. The first kappa shape index (κ1) is 14.3. The molecule has 0 saturated carbocycles.